The lowest BCUT2D eigenvalue weighted by molar-refractivity contribution is -0.137. The summed E-state index contributed by atoms with van der Waals surface area (Å²) < 4.78 is 16.1. The fourth-order valence-electron chi connectivity index (χ4n) is 6.99. The fourth-order valence-corrected chi connectivity index (χ4v) is 6.99. The minimum Gasteiger partial charge on any atom is -0.445 e. The molecule has 0 fully saturated rings. The topological polar surface area (TPSA) is 350 Å². The van der Waals surface area contributed by atoms with Gasteiger partial charge >= 0.3 is 12.1 Å². The second kappa shape index (κ2) is 35.1. The lowest BCUT2D eigenvalue weighted by Crippen LogP contribution is -2.57. The molecule has 0 saturated carbocycles. The number of rotatable bonds is 35. The first-order valence-corrected chi connectivity index (χ1v) is 24.6. The Morgan fingerprint density at radius 2 is 1.18 bits per heavy atom. The van der Waals surface area contributed by atoms with Gasteiger partial charge in [0, 0.05) is 65.9 Å². The average Bonchev–Trinajstić information content (AvgIpc) is 3.32. The lowest BCUT2D eigenvalue weighted by atomic mass is 9.99. The average molecular weight is 1020 g/mol. The van der Waals surface area contributed by atoms with Crippen molar-refractivity contribution in [3.8, 4) is 0 Å². The highest BCUT2D eigenvalue weighted by atomic mass is 16.6. The van der Waals surface area contributed by atoms with Crippen molar-refractivity contribution in [2.75, 3.05) is 79.1 Å². The standard InChI is InChI=1S/C48H84N12O12/c1-30(2)39(57-42(63)35(50)13-10-11-22-52-37(61)19-20-38(62)53-24-26-71-28-27-70-25-21-49)44(65)56-36(14-12-23-54-47(51)68)43(64)55-34-17-15-33(16-18-34)29-72-48(69)60(9)41(32(5)6)45(66)58-40(31(3)4)46(67)59(7)8/h15-18,30-32,35-36,39-41H,10-14,19-29,49-50H2,1-9H3,(H,52,61)(H,53,62)(H,55,64)(H,56,65)(H,57,63)(H,58,66)(H3,51,54,68)/t35-,36-,39-,40-,41-/m0/s1. The summed E-state index contributed by atoms with van der Waals surface area (Å²) in [7, 11) is 4.65. The number of ether oxygens (including phenoxy) is 3. The van der Waals surface area contributed by atoms with Crippen molar-refractivity contribution in [2.45, 2.75) is 123 Å². The van der Waals surface area contributed by atoms with E-state index in [0.29, 0.717) is 70.2 Å². The summed E-state index contributed by atoms with van der Waals surface area (Å²) >= 11 is 0. The van der Waals surface area contributed by atoms with Crippen molar-refractivity contribution in [2.24, 2.45) is 35.0 Å². The molecule has 0 spiro atoms. The molecule has 0 unspecified atom stereocenters. The Labute approximate surface area is 424 Å². The number of urea groups is 1. The van der Waals surface area contributed by atoms with Gasteiger partial charge in [-0.05, 0) is 67.6 Å². The summed E-state index contributed by atoms with van der Waals surface area (Å²) in [6.07, 6.45) is 0.853. The molecular weight excluding hydrogens is 937 g/mol. The SMILES string of the molecule is CC(C)[C@H](NC(=O)[C@@H](N)CCCCNC(=O)CCC(=O)NCCOCCOCCN)C(=O)N[C@@H](CCCNC(N)=O)C(=O)Nc1ccc(COC(=O)N(C)[C@H](C(=O)N[C@H](C(=O)N(C)C)C(C)C)C(C)C)cc1. The normalized spacial score (nSPS) is 13.2. The number of unbranched alkanes of at least 4 members (excludes halogenated alkanes) is 1. The van der Waals surface area contributed by atoms with E-state index in [9.17, 15) is 43.2 Å². The second-order valence-corrected chi connectivity index (χ2v) is 18.5. The monoisotopic (exact) mass is 1020 g/mol. The molecule has 1 aromatic carbocycles. The van der Waals surface area contributed by atoms with Crippen LogP contribution in [0, 0.1) is 17.8 Å². The molecule has 24 nitrogen and oxygen atoms in total. The van der Waals surface area contributed by atoms with Crippen LogP contribution in [0.15, 0.2) is 24.3 Å². The van der Waals surface area contributed by atoms with E-state index < -0.39 is 71.9 Å². The Morgan fingerprint density at radius 1 is 0.611 bits per heavy atom. The number of likely N-dealkylation sites (N-methyl/N-ethyl adjacent to an activating group) is 2. The summed E-state index contributed by atoms with van der Waals surface area (Å²) in [5.41, 5.74) is 17.7. The van der Waals surface area contributed by atoms with Crippen molar-refractivity contribution < 1.29 is 57.4 Å². The first kappa shape index (κ1) is 63.9. The number of amides is 10. The van der Waals surface area contributed by atoms with Gasteiger partial charge in [-0.3, -0.25) is 38.5 Å². The molecule has 1 rings (SSSR count). The summed E-state index contributed by atoms with van der Waals surface area (Å²) in [4.78, 5) is 118. The maximum atomic E-state index is 13.7. The molecule has 0 aliphatic carbocycles. The van der Waals surface area contributed by atoms with Crippen LogP contribution in [-0.4, -0.2) is 167 Å². The number of carbonyl (C=O) groups is 9. The van der Waals surface area contributed by atoms with Gasteiger partial charge in [0.05, 0.1) is 32.5 Å². The van der Waals surface area contributed by atoms with Gasteiger partial charge in [0.1, 0.15) is 30.8 Å². The van der Waals surface area contributed by atoms with Gasteiger partial charge in [-0.2, -0.15) is 0 Å². The third-order valence-corrected chi connectivity index (χ3v) is 11.1. The van der Waals surface area contributed by atoms with Crippen LogP contribution in [0.5, 0.6) is 0 Å². The maximum absolute atomic E-state index is 13.7. The molecule has 0 radical (unpaired) electrons. The smallest absolute Gasteiger partial charge is 0.410 e. The van der Waals surface area contributed by atoms with E-state index in [1.165, 1.54) is 16.8 Å². The molecule has 1 aromatic rings. The van der Waals surface area contributed by atoms with Crippen LogP contribution < -0.4 is 54.4 Å². The minimum absolute atomic E-state index is 0.00744. The number of primary amides is 1. The zero-order chi connectivity index (χ0) is 54.3. The Morgan fingerprint density at radius 3 is 1.74 bits per heavy atom. The summed E-state index contributed by atoms with van der Waals surface area (Å²) in [5, 5.41) is 18.9. The van der Waals surface area contributed by atoms with Gasteiger partial charge in [0.15, 0.2) is 0 Å². The Bertz CT molecular complexity index is 1870. The molecule has 0 bridgehead atoms. The molecule has 0 aliphatic heterocycles. The number of nitrogens with two attached hydrogens (primary N) is 3. The van der Waals surface area contributed by atoms with Crippen LogP contribution in [-0.2, 0) is 54.4 Å². The predicted octanol–water partition coefficient (Wildman–Crippen LogP) is 0.0233. The van der Waals surface area contributed by atoms with Crippen molar-refractivity contribution >= 4 is 59.2 Å². The number of benzene rings is 1. The second-order valence-electron chi connectivity index (χ2n) is 18.5. The summed E-state index contributed by atoms with van der Waals surface area (Å²) in [6, 6.07) is 0.778. The number of anilines is 1. The number of carbonyl (C=O) groups excluding carboxylic acids is 9. The largest absolute Gasteiger partial charge is 0.445 e. The molecule has 13 N–H and O–H groups in total. The van der Waals surface area contributed by atoms with Gasteiger partial charge < -0.3 is 73.5 Å². The van der Waals surface area contributed by atoms with Crippen molar-refractivity contribution in [3.63, 3.8) is 0 Å². The van der Waals surface area contributed by atoms with E-state index in [4.69, 9.17) is 31.4 Å². The quantitative estimate of drug-likeness (QED) is 0.0401. The first-order valence-electron chi connectivity index (χ1n) is 24.6. The number of hydrogen-bond acceptors (Lipinski definition) is 14. The fraction of sp³-hybridized carbons (Fsp3) is 0.688. The van der Waals surface area contributed by atoms with Gasteiger partial charge in [-0.1, -0.05) is 53.7 Å². The molecule has 0 heterocycles. The van der Waals surface area contributed by atoms with E-state index in [1.807, 2.05) is 13.8 Å². The molecule has 0 aromatic heterocycles. The Hall–Kier alpha value is -6.11. The number of nitrogens with zero attached hydrogens (tertiary/aromatic N) is 2. The molecule has 0 saturated heterocycles. The Balaban J connectivity index is 2.78. The van der Waals surface area contributed by atoms with E-state index in [1.54, 1.807) is 66.1 Å². The van der Waals surface area contributed by atoms with Crippen LogP contribution in [0.25, 0.3) is 0 Å². The van der Waals surface area contributed by atoms with E-state index >= 15 is 0 Å². The minimum atomic E-state index is -1.11. The van der Waals surface area contributed by atoms with Gasteiger partial charge in [-0.25, -0.2) is 9.59 Å². The van der Waals surface area contributed by atoms with Gasteiger partial charge in [0.25, 0.3) is 0 Å². The third kappa shape index (κ3) is 25.8. The van der Waals surface area contributed by atoms with E-state index in [2.05, 4.69) is 37.2 Å². The summed E-state index contributed by atoms with van der Waals surface area (Å²) in [5.74, 6) is -4.06. The van der Waals surface area contributed by atoms with E-state index in [0.717, 1.165) is 0 Å². The van der Waals surface area contributed by atoms with Crippen molar-refractivity contribution in [1.29, 1.82) is 0 Å². The zero-order valence-corrected chi connectivity index (χ0v) is 43.8. The van der Waals surface area contributed by atoms with Crippen LogP contribution >= 0.6 is 0 Å². The Kier molecular flexibility index (Phi) is 31.1. The summed E-state index contributed by atoms with van der Waals surface area (Å²) in [6.45, 7) is 13.2. The van der Waals surface area contributed by atoms with Crippen LogP contribution in [0.3, 0.4) is 0 Å². The number of hydrogen-bond donors (Lipinski definition) is 10. The maximum Gasteiger partial charge on any atom is 0.410 e. The van der Waals surface area contributed by atoms with Crippen molar-refractivity contribution in [1.82, 2.24) is 41.7 Å². The van der Waals surface area contributed by atoms with Crippen molar-refractivity contribution in [3.05, 3.63) is 29.8 Å². The van der Waals surface area contributed by atoms with Crippen LogP contribution in [0.1, 0.15) is 92.1 Å². The molecule has 0 aliphatic rings. The third-order valence-electron chi connectivity index (χ3n) is 11.1. The molecule has 24 heteroatoms. The van der Waals surface area contributed by atoms with Gasteiger partial charge in [0.2, 0.25) is 41.4 Å². The highest BCUT2D eigenvalue weighted by Gasteiger charge is 2.35. The molecule has 10 amide bonds. The molecule has 408 valence electrons. The first-order chi connectivity index (χ1) is 34.0. The highest BCUT2D eigenvalue weighted by Crippen LogP contribution is 2.17. The van der Waals surface area contributed by atoms with Gasteiger partial charge in [-0.15, -0.1) is 0 Å². The van der Waals surface area contributed by atoms with Crippen LogP contribution in [0.4, 0.5) is 15.3 Å². The lowest BCUT2D eigenvalue weighted by Gasteiger charge is -2.32. The van der Waals surface area contributed by atoms with E-state index in [-0.39, 0.29) is 74.8 Å². The zero-order valence-electron chi connectivity index (χ0n) is 43.8. The molecule has 5 atom stereocenters. The molecular formula is C48H84N12O12. The number of nitrogens with one attached hydrogen (secondary N) is 7. The van der Waals surface area contributed by atoms with Crippen LogP contribution in [0.2, 0.25) is 0 Å². The molecule has 72 heavy (non-hydrogen) atoms. The predicted molar refractivity (Wildman–Crippen MR) is 270 cm³/mol. The highest BCUT2D eigenvalue weighted by molar-refractivity contribution is 5.99.